The number of hydrogen-bond donors (Lipinski definition) is 0. The summed E-state index contributed by atoms with van der Waals surface area (Å²) < 4.78 is 5.27. The fraction of sp³-hybridized carbons (Fsp3) is 0.0833. The SMILES string of the molecule is C=CCOc1c(C=C)ccccc1=O. The highest BCUT2D eigenvalue weighted by atomic mass is 16.5. The van der Waals surface area contributed by atoms with Crippen molar-refractivity contribution in [2.45, 2.75) is 0 Å². The predicted octanol–water partition coefficient (Wildman–Crippen LogP) is 2.25. The van der Waals surface area contributed by atoms with Crippen molar-refractivity contribution >= 4 is 6.08 Å². The van der Waals surface area contributed by atoms with Gasteiger partial charge in [0, 0.05) is 5.56 Å². The van der Waals surface area contributed by atoms with Crippen molar-refractivity contribution in [3.8, 4) is 5.75 Å². The lowest BCUT2D eigenvalue weighted by Gasteiger charge is -2.02. The van der Waals surface area contributed by atoms with Gasteiger partial charge in [-0.3, -0.25) is 4.79 Å². The van der Waals surface area contributed by atoms with Gasteiger partial charge in [0.1, 0.15) is 6.61 Å². The molecule has 0 saturated carbocycles. The third kappa shape index (κ3) is 2.33. The summed E-state index contributed by atoms with van der Waals surface area (Å²) in [5.41, 5.74) is 0.550. The Hall–Kier alpha value is -1.83. The van der Waals surface area contributed by atoms with Crippen molar-refractivity contribution in [3.05, 3.63) is 59.3 Å². The van der Waals surface area contributed by atoms with E-state index in [4.69, 9.17) is 4.74 Å². The van der Waals surface area contributed by atoms with Gasteiger partial charge in [-0.15, -0.1) is 0 Å². The zero-order valence-electron chi connectivity index (χ0n) is 7.90. The molecule has 0 fully saturated rings. The summed E-state index contributed by atoms with van der Waals surface area (Å²) in [4.78, 5) is 11.5. The summed E-state index contributed by atoms with van der Waals surface area (Å²) in [6.07, 6.45) is 3.19. The molecule has 0 aliphatic heterocycles. The Balaban J connectivity index is 3.23. The molecule has 0 N–H and O–H groups in total. The molecule has 1 aromatic carbocycles. The molecule has 0 radical (unpaired) electrons. The molecule has 0 aliphatic rings. The van der Waals surface area contributed by atoms with E-state index < -0.39 is 0 Å². The Labute approximate surface area is 83.2 Å². The van der Waals surface area contributed by atoms with E-state index >= 15 is 0 Å². The van der Waals surface area contributed by atoms with E-state index in [1.165, 1.54) is 6.07 Å². The molecule has 0 aromatic heterocycles. The molecule has 0 unspecified atom stereocenters. The first kappa shape index (κ1) is 10.3. The minimum absolute atomic E-state index is 0.147. The maximum absolute atomic E-state index is 11.5. The van der Waals surface area contributed by atoms with Crippen molar-refractivity contribution in [2.75, 3.05) is 6.61 Å². The number of ether oxygens (including phenoxy) is 1. The van der Waals surface area contributed by atoms with E-state index in [-0.39, 0.29) is 5.43 Å². The molecule has 2 heteroatoms. The van der Waals surface area contributed by atoms with Gasteiger partial charge in [-0.1, -0.05) is 43.5 Å². The summed E-state index contributed by atoms with van der Waals surface area (Å²) >= 11 is 0. The summed E-state index contributed by atoms with van der Waals surface area (Å²) in [5.74, 6) is 0.324. The van der Waals surface area contributed by atoms with Crippen LogP contribution in [0.3, 0.4) is 0 Å². The lowest BCUT2D eigenvalue weighted by atomic mass is 10.2. The Morgan fingerprint density at radius 3 is 2.64 bits per heavy atom. The highest BCUT2D eigenvalue weighted by molar-refractivity contribution is 5.54. The van der Waals surface area contributed by atoms with E-state index in [0.717, 1.165) is 0 Å². The molecule has 0 spiro atoms. The molecule has 1 rings (SSSR count). The standard InChI is InChI=1S/C12H12O2/c1-3-9-14-12-10(4-2)7-5-6-8-11(12)13/h3-8H,1-2,9H2. The Morgan fingerprint density at radius 1 is 1.29 bits per heavy atom. The molecular formula is C12H12O2. The third-order valence-electron chi connectivity index (χ3n) is 1.69. The van der Waals surface area contributed by atoms with E-state index in [1.807, 2.05) is 0 Å². The highest BCUT2D eigenvalue weighted by Gasteiger charge is 2.01. The van der Waals surface area contributed by atoms with Crippen LogP contribution >= 0.6 is 0 Å². The van der Waals surface area contributed by atoms with Crippen LogP contribution in [-0.2, 0) is 0 Å². The summed E-state index contributed by atoms with van der Waals surface area (Å²) in [6.45, 7) is 7.47. The van der Waals surface area contributed by atoms with Gasteiger partial charge in [-0.05, 0) is 6.07 Å². The van der Waals surface area contributed by atoms with Crippen LogP contribution in [-0.4, -0.2) is 6.61 Å². The van der Waals surface area contributed by atoms with Gasteiger partial charge in [0.15, 0.2) is 5.75 Å². The second-order valence-electron chi connectivity index (χ2n) is 2.67. The van der Waals surface area contributed by atoms with E-state index in [9.17, 15) is 4.79 Å². The first-order chi connectivity index (χ1) is 6.79. The molecule has 1 aromatic rings. The lowest BCUT2D eigenvalue weighted by Crippen LogP contribution is -2.05. The average Bonchev–Trinajstić information content (AvgIpc) is 2.37. The van der Waals surface area contributed by atoms with Gasteiger partial charge in [-0.2, -0.15) is 0 Å². The van der Waals surface area contributed by atoms with Crippen LogP contribution in [0.25, 0.3) is 6.08 Å². The quantitative estimate of drug-likeness (QED) is 0.677. The van der Waals surface area contributed by atoms with Crippen LogP contribution < -0.4 is 10.2 Å². The summed E-state index contributed by atoms with van der Waals surface area (Å²) in [7, 11) is 0. The molecule has 0 aliphatic carbocycles. The first-order valence-corrected chi connectivity index (χ1v) is 4.29. The van der Waals surface area contributed by atoms with Gasteiger partial charge in [-0.25, -0.2) is 0 Å². The number of hydrogen-bond acceptors (Lipinski definition) is 2. The molecule has 14 heavy (non-hydrogen) atoms. The second kappa shape index (κ2) is 5.02. The first-order valence-electron chi connectivity index (χ1n) is 4.29. The lowest BCUT2D eigenvalue weighted by molar-refractivity contribution is 0.359. The van der Waals surface area contributed by atoms with Crippen molar-refractivity contribution < 1.29 is 4.74 Å². The third-order valence-corrected chi connectivity index (χ3v) is 1.69. The zero-order valence-corrected chi connectivity index (χ0v) is 7.90. The fourth-order valence-corrected chi connectivity index (χ4v) is 1.05. The Morgan fingerprint density at radius 2 is 2.00 bits per heavy atom. The minimum atomic E-state index is -0.147. The largest absolute Gasteiger partial charge is 0.485 e. The average molecular weight is 188 g/mol. The molecule has 0 heterocycles. The molecular weight excluding hydrogens is 176 g/mol. The molecule has 72 valence electrons. The predicted molar refractivity (Wildman–Crippen MR) is 58.5 cm³/mol. The smallest absolute Gasteiger partial charge is 0.221 e. The molecule has 0 saturated heterocycles. The monoisotopic (exact) mass is 188 g/mol. The Kier molecular flexibility index (Phi) is 3.68. The van der Waals surface area contributed by atoms with Crippen LogP contribution in [0.15, 0.2) is 48.3 Å². The van der Waals surface area contributed by atoms with E-state index in [1.54, 1.807) is 30.4 Å². The van der Waals surface area contributed by atoms with Gasteiger partial charge >= 0.3 is 0 Å². The van der Waals surface area contributed by atoms with E-state index in [2.05, 4.69) is 13.2 Å². The van der Waals surface area contributed by atoms with Crippen molar-refractivity contribution in [2.24, 2.45) is 0 Å². The van der Waals surface area contributed by atoms with Crippen LogP contribution in [0.2, 0.25) is 0 Å². The minimum Gasteiger partial charge on any atom is -0.485 e. The topological polar surface area (TPSA) is 26.3 Å². The van der Waals surface area contributed by atoms with Gasteiger partial charge < -0.3 is 4.74 Å². The maximum Gasteiger partial charge on any atom is 0.221 e. The maximum atomic E-state index is 11.5. The number of rotatable bonds is 4. The van der Waals surface area contributed by atoms with E-state index in [0.29, 0.717) is 17.9 Å². The fourth-order valence-electron chi connectivity index (χ4n) is 1.05. The molecule has 2 nitrogen and oxygen atoms in total. The van der Waals surface area contributed by atoms with Crippen molar-refractivity contribution in [1.29, 1.82) is 0 Å². The summed E-state index contributed by atoms with van der Waals surface area (Å²) in [6, 6.07) is 6.70. The normalized spacial score (nSPS) is 9.14. The molecule has 0 atom stereocenters. The van der Waals surface area contributed by atoms with Crippen LogP contribution in [0, 0.1) is 0 Å². The molecule has 0 bridgehead atoms. The second-order valence-corrected chi connectivity index (χ2v) is 2.67. The molecule has 0 amide bonds. The van der Waals surface area contributed by atoms with Crippen LogP contribution in [0.5, 0.6) is 5.75 Å². The van der Waals surface area contributed by atoms with Gasteiger partial charge in [0.05, 0.1) is 0 Å². The van der Waals surface area contributed by atoms with Crippen LogP contribution in [0.1, 0.15) is 5.56 Å². The van der Waals surface area contributed by atoms with Crippen molar-refractivity contribution in [1.82, 2.24) is 0 Å². The van der Waals surface area contributed by atoms with Crippen LogP contribution in [0.4, 0.5) is 0 Å². The van der Waals surface area contributed by atoms with Gasteiger partial charge in [0.2, 0.25) is 5.43 Å². The highest BCUT2D eigenvalue weighted by Crippen LogP contribution is 2.12. The Bertz CT molecular complexity index is 394. The zero-order chi connectivity index (χ0) is 10.4. The van der Waals surface area contributed by atoms with Crippen molar-refractivity contribution in [3.63, 3.8) is 0 Å². The summed E-state index contributed by atoms with van der Waals surface area (Å²) in [5, 5.41) is 0. The van der Waals surface area contributed by atoms with Gasteiger partial charge in [0.25, 0.3) is 0 Å².